The highest BCUT2D eigenvalue weighted by molar-refractivity contribution is 5.80. The molecule has 1 atom stereocenters. The number of nitrogens with one attached hydrogen (secondary N) is 1. The molecule has 0 aliphatic carbocycles. The zero-order chi connectivity index (χ0) is 18.4. The average Bonchev–Trinajstić information content (AvgIpc) is 2.99. The first-order valence-corrected chi connectivity index (χ1v) is 7.81. The number of amides is 1. The maximum absolute atomic E-state index is 12.4. The molecule has 0 saturated carbocycles. The molecular formula is C16H19F3N2O4. The molecular weight excluding hydrogens is 341 g/mol. The summed E-state index contributed by atoms with van der Waals surface area (Å²) in [5, 5.41) is 11.6. The van der Waals surface area contributed by atoms with Crippen molar-refractivity contribution in [1.29, 1.82) is 0 Å². The second-order valence-electron chi connectivity index (χ2n) is 5.69. The third-order valence-corrected chi connectivity index (χ3v) is 3.87. The van der Waals surface area contributed by atoms with Crippen molar-refractivity contribution in [3.63, 3.8) is 0 Å². The van der Waals surface area contributed by atoms with Crippen molar-refractivity contribution in [2.24, 2.45) is 0 Å². The Bertz CT molecular complexity index is 604. The normalized spacial score (nSPS) is 18.1. The Morgan fingerprint density at radius 1 is 1.28 bits per heavy atom. The molecule has 0 aromatic heterocycles. The van der Waals surface area contributed by atoms with Gasteiger partial charge >= 0.3 is 12.1 Å². The summed E-state index contributed by atoms with van der Waals surface area (Å²) in [5.74, 6) is -0.979. The molecule has 0 spiro atoms. The van der Waals surface area contributed by atoms with Crippen molar-refractivity contribution in [1.82, 2.24) is 10.2 Å². The first-order valence-electron chi connectivity index (χ1n) is 7.81. The third kappa shape index (κ3) is 5.63. The molecule has 25 heavy (non-hydrogen) atoms. The second kappa shape index (κ2) is 8.19. The standard InChI is InChI=1S/C16H19F3N2O4/c17-16(18,19)11-3-5-12(6-4-11)25-9-7-20-14(22)10-21-8-1-2-13(21)15(23)24/h3-6,13H,1-2,7-10H2,(H,20,22)(H,23,24)/t13-/m0/s1. The molecule has 2 N–H and O–H groups in total. The minimum Gasteiger partial charge on any atom is -0.492 e. The van der Waals surface area contributed by atoms with E-state index in [1.807, 2.05) is 0 Å². The first-order chi connectivity index (χ1) is 11.8. The van der Waals surface area contributed by atoms with Crippen molar-refractivity contribution in [2.45, 2.75) is 25.1 Å². The third-order valence-electron chi connectivity index (χ3n) is 3.87. The van der Waals surface area contributed by atoms with E-state index in [0.29, 0.717) is 13.0 Å². The predicted octanol–water partition coefficient (Wildman–Crippen LogP) is 1.75. The number of hydrogen-bond acceptors (Lipinski definition) is 4. The summed E-state index contributed by atoms with van der Waals surface area (Å²) in [6.07, 6.45) is -3.13. The summed E-state index contributed by atoms with van der Waals surface area (Å²) in [7, 11) is 0. The van der Waals surface area contributed by atoms with E-state index in [-0.39, 0.29) is 31.4 Å². The summed E-state index contributed by atoms with van der Waals surface area (Å²) < 4.78 is 42.6. The van der Waals surface area contributed by atoms with Crippen LogP contribution in [0, 0.1) is 0 Å². The number of benzene rings is 1. The molecule has 1 aromatic rings. The smallest absolute Gasteiger partial charge is 0.416 e. The minimum atomic E-state index is -4.39. The highest BCUT2D eigenvalue weighted by Gasteiger charge is 2.31. The first kappa shape index (κ1) is 19.0. The van der Waals surface area contributed by atoms with E-state index < -0.39 is 23.8 Å². The number of carbonyl (C=O) groups excluding carboxylic acids is 1. The Balaban J connectivity index is 1.69. The lowest BCUT2D eigenvalue weighted by molar-refractivity contribution is -0.142. The van der Waals surface area contributed by atoms with Gasteiger partial charge in [0.15, 0.2) is 0 Å². The highest BCUT2D eigenvalue weighted by Crippen LogP contribution is 2.30. The number of halogens is 3. The number of carboxylic acids is 1. The van der Waals surface area contributed by atoms with E-state index in [9.17, 15) is 22.8 Å². The van der Waals surface area contributed by atoms with E-state index in [0.717, 1.165) is 18.6 Å². The highest BCUT2D eigenvalue weighted by atomic mass is 19.4. The van der Waals surface area contributed by atoms with Crippen LogP contribution in [0.2, 0.25) is 0 Å². The van der Waals surface area contributed by atoms with Gasteiger partial charge in [-0.3, -0.25) is 14.5 Å². The van der Waals surface area contributed by atoms with Crippen molar-refractivity contribution in [3.05, 3.63) is 29.8 Å². The number of ether oxygens (including phenoxy) is 1. The summed E-state index contributed by atoms with van der Waals surface area (Å²) in [6, 6.07) is 3.65. The predicted molar refractivity (Wildman–Crippen MR) is 82.2 cm³/mol. The van der Waals surface area contributed by atoms with Gasteiger partial charge in [0.05, 0.1) is 18.7 Å². The van der Waals surface area contributed by atoms with Crippen LogP contribution in [0.15, 0.2) is 24.3 Å². The fourth-order valence-corrected chi connectivity index (χ4v) is 2.63. The number of likely N-dealkylation sites (tertiary alicyclic amines) is 1. The molecule has 1 fully saturated rings. The zero-order valence-corrected chi connectivity index (χ0v) is 13.4. The Hall–Kier alpha value is -2.29. The molecule has 2 rings (SSSR count). The molecule has 1 saturated heterocycles. The van der Waals surface area contributed by atoms with Gasteiger partial charge in [-0.1, -0.05) is 0 Å². The summed E-state index contributed by atoms with van der Waals surface area (Å²) >= 11 is 0. The maximum atomic E-state index is 12.4. The van der Waals surface area contributed by atoms with Gasteiger partial charge in [-0.05, 0) is 43.7 Å². The number of carboxylic acid groups (broad SMARTS) is 1. The van der Waals surface area contributed by atoms with Gasteiger partial charge in [0, 0.05) is 0 Å². The molecule has 1 aromatic carbocycles. The number of carbonyl (C=O) groups is 2. The van der Waals surface area contributed by atoms with Crippen molar-refractivity contribution < 1.29 is 32.6 Å². The van der Waals surface area contributed by atoms with Crippen LogP contribution >= 0.6 is 0 Å². The van der Waals surface area contributed by atoms with E-state index in [1.54, 1.807) is 4.90 Å². The number of nitrogens with zero attached hydrogens (tertiary/aromatic N) is 1. The van der Waals surface area contributed by atoms with Crippen LogP contribution in [0.25, 0.3) is 0 Å². The quantitative estimate of drug-likeness (QED) is 0.725. The van der Waals surface area contributed by atoms with Gasteiger partial charge in [-0.25, -0.2) is 0 Å². The van der Waals surface area contributed by atoms with Gasteiger partial charge in [0.1, 0.15) is 18.4 Å². The van der Waals surface area contributed by atoms with E-state index in [2.05, 4.69) is 5.32 Å². The van der Waals surface area contributed by atoms with Crippen LogP contribution in [0.3, 0.4) is 0 Å². The summed E-state index contributed by atoms with van der Waals surface area (Å²) in [6.45, 7) is 0.828. The van der Waals surface area contributed by atoms with Crippen molar-refractivity contribution in [3.8, 4) is 5.75 Å². The number of alkyl halides is 3. The maximum Gasteiger partial charge on any atom is 0.416 e. The molecule has 0 unspecified atom stereocenters. The van der Waals surface area contributed by atoms with Crippen LogP contribution in [0.1, 0.15) is 18.4 Å². The molecule has 1 aliphatic rings. The molecule has 9 heteroatoms. The largest absolute Gasteiger partial charge is 0.492 e. The monoisotopic (exact) mass is 360 g/mol. The Labute approximate surface area is 142 Å². The van der Waals surface area contributed by atoms with Gasteiger partial charge in [0.25, 0.3) is 0 Å². The molecule has 1 amide bonds. The average molecular weight is 360 g/mol. The second-order valence-corrected chi connectivity index (χ2v) is 5.69. The van der Waals surface area contributed by atoms with Gasteiger partial charge in [-0.15, -0.1) is 0 Å². The molecule has 1 heterocycles. The van der Waals surface area contributed by atoms with Crippen LogP contribution in [0.5, 0.6) is 5.75 Å². The van der Waals surface area contributed by atoms with Crippen molar-refractivity contribution >= 4 is 11.9 Å². The molecule has 6 nitrogen and oxygen atoms in total. The Morgan fingerprint density at radius 2 is 1.96 bits per heavy atom. The lowest BCUT2D eigenvalue weighted by Crippen LogP contribution is -2.43. The van der Waals surface area contributed by atoms with Crippen LogP contribution in [-0.2, 0) is 15.8 Å². The molecule has 0 radical (unpaired) electrons. The SMILES string of the molecule is O=C(CN1CCC[C@H]1C(=O)O)NCCOc1ccc(C(F)(F)F)cc1. The lowest BCUT2D eigenvalue weighted by atomic mass is 10.2. The number of aliphatic carboxylic acids is 1. The van der Waals surface area contributed by atoms with Crippen molar-refractivity contribution in [2.75, 3.05) is 26.2 Å². The fraction of sp³-hybridized carbons (Fsp3) is 0.500. The number of hydrogen-bond donors (Lipinski definition) is 2. The van der Waals surface area contributed by atoms with Crippen LogP contribution in [0.4, 0.5) is 13.2 Å². The van der Waals surface area contributed by atoms with E-state index >= 15 is 0 Å². The van der Waals surface area contributed by atoms with Gasteiger partial charge in [0.2, 0.25) is 5.91 Å². The van der Waals surface area contributed by atoms with Crippen LogP contribution in [-0.4, -0.2) is 54.2 Å². The fourth-order valence-electron chi connectivity index (χ4n) is 2.63. The molecule has 138 valence electrons. The zero-order valence-electron chi connectivity index (χ0n) is 13.4. The molecule has 0 bridgehead atoms. The number of rotatable bonds is 7. The Morgan fingerprint density at radius 3 is 2.56 bits per heavy atom. The van der Waals surface area contributed by atoms with E-state index in [1.165, 1.54) is 12.1 Å². The summed E-state index contributed by atoms with van der Waals surface area (Å²) in [5.41, 5.74) is -0.758. The molecule has 1 aliphatic heterocycles. The summed E-state index contributed by atoms with van der Waals surface area (Å²) in [4.78, 5) is 24.4. The van der Waals surface area contributed by atoms with E-state index in [4.69, 9.17) is 9.84 Å². The topological polar surface area (TPSA) is 78.9 Å². The lowest BCUT2D eigenvalue weighted by Gasteiger charge is -2.20. The Kier molecular flexibility index (Phi) is 6.24. The van der Waals surface area contributed by atoms with Crippen LogP contribution < -0.4 is 10.1 Å². The van der Waals surface area contributed by atoms with Gasteiger partial charge < -0.3 is 15.2 Å². The minimum absolute atomic E-state index is 0.00273. The van der Waals surface area contributed by atoms with Gasteiger partial charge in [-0.2, -0.15) is 13.2 Å².